The molecular weight excluding hydrogens is 519 g/mol. The average Bonchev–Trinajstić information content (AvgIpc) is 3.52. The Kier molecular flexibility index (Phi) is 6.40. The molecule has 0 spiro atoms. The lowest BCUT2D eigenvalue weighted by Gasteiger charge is -2.14. The van der Waals surface area contributed by atoms with E-state index in [1.54, 1.807) is 6.07 Å². The summed E-state index contributed by atoms with van der Waals surface area (Å²) in [5, 5.41) is 17.1. The van der Waals surface area contributed by atoms with Crippen LogP contribution in [0.5, 0.6) is 0 Å². The maximum Gasteiger partial charge on any atom is 0.141 e. The highest BCUT2D eigenvalue weighted by Gasteiger charge is 2.17. The number of fused-ring (bicyclic) bond motifs is 1. The second-order valence-electron chi connectivity index (χ2n) is 8.37. The monoisotopic (exact) mass is 538 g/mol. The van der Waals surface area contributed by atoms with Crippen molar-refractivity contribution in [2.24, 2.45) is 0 Å². The Morgan fingerprint density at radius 1 is 1.18 bits per heavy atom. The van der Waals surface area contributed by atoms with Crippen molar-refractivity contribution < 1.29 is 4.39 Å². The zero-order chi connectivity index (χ0) is 23.7. The van der Waals surface area contributed by atoms with E-state index in [0.29, 0.717) is 35.0 Å². The minimum absolute atomic E-state index is 0.00227. The first kappa shape index (κ1) is 22.6. The third kappa shape index (κ3) is 4.59. The number of imidazole rings is 1. The Morgan fingerprint density at radius 2 is 2.00 bits per heavy atom. The largest absolute Gasteiger partial charge is 0.379 e. The number of benzene rings is 2. The van der Waals surface area contributed by atoms with Crippen molar-refractivity contribution in [2.75, 3.05) is 10.6 Å². The summed E-state index contributed by atoms with van der Waals surface area (Å²) in [4.78, 5) is 9.01. The first-order valence-corrected chi connectivity index (χ1v) is 12.2. The zero-order valence-electron chi connectivity index (χ0n) is 18.2. The molecule has 6 nitrogen and oxygen atoms in total. The van der Waals surface area contributed by atoms with Crippen molar-refractivity contribution in [3.8, 4) is 6.07 Å². The second-order valence-corrected chi connectivity index (χ2v) is 9.63. The van der Waals surface area contributed by atoms with Gasteiger partial charge in [0, 0.05) is 39.7 Å². The molecule has 0 saturated heterocycles. The van der Waals surface area contributed by atoms with Crippen LogP contribution in [0.15, 0.2) is 53.5 Å². The number of nitrogens with one attached hydrogen (secondary N) is 2. The molecule has 1 aliphatic rings. The number of hydrogen-bond acceptors (Lipinski definition) is 5. The van der Waals surface area contributed by atoms with Gasteiger partial charge in [-0.15, -0.1) is 0 Å². The summed E-state index contributed by atoms with van der Waals surface area (Å²) in [6, 6.07) is 11.0. The molecule has 4 aromatic rings. The number of nitriles is 1. The van der Waals surface area contributed by atoms with Gasteiger partial charge in [0.15, 0.2) is 0 Å². The van der Waals surface area contributed by atoms with Gasteiger partial charge in [-0.2, -0.15) is 5.26 Å². The molecule has 9 heteroatoms. The molecule has 1 saturated carbocycles. The molecule has 0 aliphatic heterocycles. The SMILES string of the molecule is N#Cc1cnc2c(Br)cc(NCc3cn(C4CCCC4)cn3)cc2c1Nc1ccc(F)c(Cl)c1. The van der Waals surface area contributed by atoms with Gasteiger partial charge in [-0.25, -0.2) is 9.37 Å². The summed E-state index contributed by atoms with van der Waals surface area (Å²) in [7, 11) is 0. The average molecular weight is 540 g/mol. The lowest BCUT2D eigenvalue weighted by Crippen LogP contribution is -2.03. The summed E-state index contributed by atoms with van der Waals surface area (Å²) < 4.78 is 16.6. The fraction of sp³-hybridized carbons (Fsp3) is 0.240. The molecule has 5 rings (SSSR count). The molecule has 2 heterocycles. The quantitative estimate of drug-likeness (QED) is 0.268. The second kappa shape index (κ2) is 9.61. The third-order valence-electron chi connectivity index (χ3n) is 6.11. The molecule has 0 amide bonds. The molecule has 0 atom stereocenters. The normalized spacial score (nSPS) is 13.8. The van der Waals surface area contributed by atoms with Crippen LogP contribution < -0.4 is 10.6 Å². The maximum atomic E-state index is 13.6. The van der Waals surface area contributed by atoms with E-state index in [2.05, 4.69) is 53.4 Å². The van der Waals surface area contributed by atoms with Crippen LogP contribution in [0.1, 0.15) is 43.0 Å². The van der Waals surface area contributed by atoms with E-state index in [-0.39, 0.29) is 5.02 Å². The van der Waals surface area contributed by atoms with Crippen LogP contribution in [-0.4, -0.2) is 14.5 Å². The van der Waals surface area contributed by atoms with Crippen LogP contribution in [0.4, 0.5) is 21.5 Å². The predicted molar refractivity (Wildman–Crippen MR) is 136 cm³/mol. The first-order valence-electron chi connectivity index (χ1n) is 11.0. The van der Waals surface area contributed by atoms with E-state index in [1.165, 1.54) is 44.0 Å². The number of hydrogen-bond donors (Lipinski definition) is 2. The number of pyridine rings is 1. The lowest BCUT2D eigenvalue weighted by molar-refractivity contribution is 0.518. The van der Waals surface area contributed by atoms with Gasteiger partial charge >= 0.3 is 0 Å². The van der Waals surface area contributed by atoms with Crippen LogP contribution in [0.25, 0.3) is 10.9 Å². The van der Waals surface area contributed by atoms with Crippen LogP contribution in [0.2, 0.25) is 5.02 Å². The number of halogens is 3. The molecule has 1 fully saturated rings. The number of aromatic nitrogens is 3. The van der Waals surface area contributed by atoms with Crippen LogP contribution in [-0.2, 0) is 6.54 Å². The van der Waals surface area contributed by atoms with Crippen molar-refractivity contribution in [2.45, 2.75) is 38.3 Å². The Morgan fingerprint density at radius 3 is 2.76 bits per heavy atom. The minimum atomic E-state index is -0.503. The fourth-order valence-corrected chi connectivity index (χ4v) is 5.11. The van der Waals surface area contributed by atoms with Gasteiger partial charge in [-0.1, -0.05) is 24.4 Å². The van der Waals surface area contributed by atoms with Crippen LogP contribution in [0, 0.1) is 17.1 Å². The molecule has 2 N–H and O–H groups in total. The van der Waals surface area contributed by atoms with E-state index in [9.17, 15) is 9.65 Å². The molecule has 1 aliphatic carbocycles. The molecule has 34 heavy (non-hydrogen) atoms. The summed E-state index contributed by atoms with van der Waals surface area (Å²) in [5.41, 5.74) is 4.03. The van der Waals surface area contributed by atoms with Crippen molar-refractivity contribution >= 4 is 55.5 Å². The topological polar surface area (TPSA) is 78.6 Å². The molecule has 172 valence electrons. The summed E-state index contributed by atoms with van der Waals surface area (Å²) in [6.07, 6.45) is 10.5. The molecule has 2 aromatic carbocycles. The van der Waals surface area contributed by atoms with E-state index >= 15 is 0 Å². The summed E-state index contributed by atoms with van der Waals surface area (Å²) >= 11 is 9.55. The van der Waals surface area contributed by atoms with Crippen LogP contribution >= 0.6 is 27.5 Å². The van der Waals surface area contributed by atoms with Gasteiger partial charge in [0.1, 0.15) is 11.9 Å². The molecule has 0 bridgehead atoms. The Balaban J connectivity index is 1.45. The summed E-state index contributed by atoms with van der Waals surface area (Å²) in [6.45, 7) is 0.569. The highest BCUT2D eigenvalue weighted by Crippen LogP contribution is 2.36. The van der Waals surface area contributed by atoms with Gasteiger partial charge < -0.3 is 15.2 Å². The Labute approximate surface area is 209 Å². The lowest BCUT2D eigenvalue weighted by atomic mass is 10.1. The van der Waals surface area contributed by atoms with E-state index in [4.69, 9.17) is 11.6 Å². The molecule has 0 radical (unpaired) electrons. The van der Waals surface area contributed by atoms with Crippen molar-refractivity contribution in [3.05, 3.63) is 75.6 Å². The van der Waals surface area contributed by atoms with Gasteiger partial charge in [-0.05, 0) is 59.1 Å². The third-order valence-corrected chi connectivity index (χ3v) is 7.00. The van der Waals surface area contributed by atoms with Crippen molar-refractivity contribution in [3.63, 3.8) is 0 Å². The van der Waals surface area contributed by atoms with E-state index in [1.807, 2.05) is 18.5 Å². The van der Waals surface area contributed by atoms with Crippen LogP contribution in [0.3, 0.4) is 0 Å². The number of nitrogens with zero attached hydrogens (tertiary/aromatic N) is 4. The smallest absolute Gasteiger partial charge is 0.141 e. The Bertz CT molecular complexity index is 1410. The fourth-order valence-electron chi connectivity index (χ4n) is 4.36. The first-order chi connectivity index (χ1) is 16.5. The Hall–Kier alpha value is -3.15. The number of anilines is 3. The van der Waals surface area contributed by atoms with Gasteiger partial charge in [0.25, 0.3) is 0 Å². The van der Waals surface area contributed by atoms with Crippen molar-refractivity contribution in [1.82, 2.24) is 14.5 Å². The highest BCUT2D eigenvalue weighted by molar-refractivity contribution is 9.10. The standard InChI is InChI=1S/C25H21BrClFN6/c26-21-8-17(30-12-18-13-34(14-32-18)19-3-1-2-4-19)7-20-24(15(10-29)11-31-25(20)21)33-16-5-6-23(28)22(27)9-16/h5-9,11,13-14,19,30H,1-4,12H2,(H,31,33). The van der Waals surface area contributed by atoms with Gasteiger partial charge in [0.05, 0.1) is 40.4 Å². The van der Waals surface area contributed by atoms with Gasteiger partial charge in [-0.3, -0.25) is 4.98 Å². The molecule has 0 unspecified atom stereocenters. The number of rotatable bonds is 6. The minimum Gasteiger partial charge on any atom is -0.379 e. The highest BCUT2D eigenvalue weighted by atomic mass is 79.9. The van der Waals surface area contributed by atoms with E-state index in [0.717, 1.165) is 21.2 Å². The zero-order valence-corrected chi connectivity index (χ0v) is 20.5. The van der Waals surface area contributed by atoms with E-state index < -0.39 is 5.82 Å². The maximum absolute atomic E-state index is 13.6. The predicted octanol–water partition coefficient (Wildman–Crippen LogP) is 7.33. The molecular formula is C25H21BrClFN6. The summed E-state index contributed by atoms with van der Waals surface area (Å²) in [5.74, 6) is -0.503. The van der Waals surface area contributed by atoms with Crippen molar-refractivity contribution in [1.29, 1.82) is 5.26 Å². The van der Waals surface area contributed by atoms with Gasteiger partial charge in [0.2, 0.25) is 0 Å². The molecule has 2 aromatic heterocycles.